The van der Waals surface area contributed by atoms with E-state index >= 15 is 0 Å². The molecule has 0 bridgehead atoms. The summed E-state index contributed by atoms with van der Waals surface area (Å²) in [6.45, 7) is 4.92. The minimum Gasteiger partial charge on any atom is -0.437 e. The van der Waals surface area contributed by atoms with Crippen molar-refractivity contribution in [1.29, 1.82) is 5.26 Å². The van der Waals surface area contributed by atoms with Gasteiger partial charge in [0.1, 0.15) is 10.4 Å². The van der Waals surface area contributed by atoms with Gasteiger partial charge in [0.2, 0.25) is 17.7 Å². The van der Waals surface area contributed by atoms with Crippen molar-refractivity contribution in [2.45, 2.75) is 26.8 Å². The normalized spacial score (nSPS) is 10.9. The predicted octanol–water partition coefficient (Wildman–Crippen LogP) is 4.37. The van der Waals surface area contributed by atoms with E-state index in [0.717, 1.165) is 32.6 Å². The molecule has 0 saturated heterocycles. The molecule has 0 atom stereocenters. The Balaban J connectivity index is 1.25. The number of aryl methyl sites for hydroxylation is 2. The highest BCUT2D eigenvalue weighted by Gasteiger charge is 2.15. The first kappa shape index (κ1) is 24.9. The van der Waals surface area contributed by atoms with Crippen LogP contribution in [0.2, 0.25) is 0 Å². The number of carbonyl (C=O) groups is 1. The minimum absolute atomic E-state index is 0.451. The largest absolute Gasteiger partial charge is 0.437 e. The fourth-order valence-corrected chi connectivity index (χ4v) is 4.81. The van der Waals surface area contributed by atoms with Crippen LogP contribution in [-0.4, -0.2) is 37.4 Å². The van der Waals surface area contributed by atoms with E-state index in [0.29, 0.717) is 48.2 Å². The van der Waals surface area contributed by atoms with Gasteiger partial charge in [-0.25, -0.2) is 9.67 Å². The Hall–Kier alpha value is -4.82. The summed E-state index contributed by atoms with van der Waals surface area (Å²) in [7, 11) is 0. The van der Waals surface area contributed by atoms with Gasteiger partial charge in [-0.1, -0.05) is 17.3 Å². The van der Waals surface area contributed by atoms with Crippen LogP contribution in [0.4, 0.5) is 5.95 Å². The van der Waals surface area contributed by atoms with E-state index in [-0.39, 0.29) is 0 Å². The van der Waals surface area contributed by atoms with Gasteiger partial charge in [-0.15, -0.1) is 16.4 Å². The molecule has 11 heteroatoms. The van der Waals surface area contributed by atoms with Gasteiger partial charge < -0.3 is 15.8 Å². The Morgan fingerprint density at radius 3 is 2.63 bits per heavy atom. The summed E-state index contributed by atoms with van der Waals surface area (Å²) in [4.78, 5) is 20.5. The summed E-state index contributed by atoms with van der Waals surface area (Å²) >= 11 is 1.51. The van der Waals surface area contributed by atoms with Gasteiger partial charge in [-0.3, -0.25) is 4.79 Å². The number of rotatable bonds is 9. The molecule has 3 heterocycles. The predicted molar refractivity (Wildman–Crippen MR) is 144 cm³/mol. The van der Waals surface area contributed by atoms with Crippen LogP contribution in [0, 0.1) is 25.2 Å². The van der Waals surface area contributed by atoms with E-state index in [1.165, 1.54) is 11.3 Å². The molecule has 3 N–H and O–H groups in total. The van der Waals surface area contributed by atoms with Crippen LogP contribution in [0.3, 0.4) is 0 Å². The summed E-state index contributed by atoms with van der Waals surface area (Å²) in [5.74, 6) is 1.16. The van der Waals surface area contributed by atoms with Crippen molar-refractivity contribution in [2.75, 3.05) is 11.9 Å². The average molecular weight is 525 g/mol. The van der Waals surface area contributed by atoms with E-state index in [9.17, 15) is 10.1 Å². The molecule has 3 aromatic heterocycles. The molecule has 0 fully saturated rings. The van der Waals surface area contributed by atoms with Gasteiger partial charge >= 0.3 is 0 Å². The number of nitrogens with one attached hydrogen (secondary N) is 1. The Morgan fingerprint density at radius 1 is 1.16 bits per heavy atom. The van der Waals surface area contributed by atoms with Gasteiger partial charge in [-0.05, 0) is 66.2 Å². The summed E-state index contributed by atoms with van der Waals surface area (Å²) in [5.41, 5.74) is 10.7. The van der Waals surface area contributed by atoms with Gasteiger partial charge in [0, 0.05) is 24.7 Å². The van der Waals surface area contributed by atoms with Gasteiger partial charge in [0.15, 0.2) is 0 Å². The molecular weight excluding hydrogens is 500 g/mol. The van der Waals surface area contributed by atoms with Gasteiger partial charge in [0.05, 0.1) is 29.4 Å². The summed E-state index contributed by atoms with van der Waals surface area (Å²) in [6.07, 6.45) is 2.51. The fraction of sp³-hybridized carbons (Fsp3) is 0.185. The van der Waals surface area contributed by atoms with Crippen LogP contribution in [0.25, 0.3) is 10.2 Å². The SMILES string of the molecule is Cc1cc(C#N)cc(C)c1Oc1nc(NCCc2cn(Cc3ccc(C(N)=O)cc3)nn2)nc2ccsc12. The number of nitrogens with two attached hydrogens (primary N) is 1. The van der Waals surface area contributed by atoms with Gasteiger partial charge in [0.25, 0.3) is 0 Å². The van der Waals surface area contributed by atoms with Crippen molar-refractivity contribution in [1.82, 2.24) is 25.0 Å². The molecule has 0 aliphatic heterocycles. The molecule has 2 aromatic carbocycles. The lowest BCUT2D eigenvalue weighted by molar-refractivity contribution is 0.100. The second kappa shape index (κ2) is 10.7. The average Bonchev–Trinajstić information content (AvgIpc) is 3.56. The quantitative estimate of drug-likeness (QED) is 0.289. The highest BCUT2D eigenvalue weighted by atomic mass is 32.1. The lowest BCUT2D eigenvalue weighted by Gasteiger charge is -2.13. The highest BCUT2D eigenvalue weighted by molar-refractivity contribution is 7.17. The van der Waals surface area contributed by atoms with Crippen LogP contribution < -0.4 is 15.8 Å². The third-order valence-corrected chi connectivity index (χ3v) is 6.79. The van der Waals surface area contributed by atoms with Crippen LogP contribution in [0.15, 0.2) is 54.0 Å². The Labute approximate surface area is 222 Å². The maximum Gasteiger partial charge on any atom is 0.248 e. The zero-order valence-electron chi connectivity index (χ0n) is 20.8. The standard InChI is InChI=1S/C27H24N8O2S/c1-16-11-19(13-28)12-17(2)23(16)37-26-24-22(8-10-38-24)31-27(32-26)30-9-7-21-15-35(34-33-21)14-18-3-5-20(6-4-18)25(29)36/h3-6,8,10-12,15H,7,9,14H2,1-2H3,(H2,29,36)(H,30,31,32). The van der Waals surface area contributed by atoms with Gasteiger partial charge in [-0.2, -0.15) is 10.2 Å². The second-order valence-electron chi connectivity index (χ2n) is 8.79. The number of hydrogen-bond acceptors (Lipinski definition) is 9. The van der Waals surface area contributed by atoms with Crippen LogP contribution in [0.1, 0.15) is 38.3 Å². The number of hydrogen-bond donors (Lipinski definition) is 2. The van der Waals surface area contributed by atoms with E-state index in [1.54, 1.807) is 28.9 Å². The molecule has 0 radical (unpaired) electrons. The number of anilines is 1. The maximum atomic E-state index is 11.2. The van der Waals surface area contributed by atoms with E-state index in [4.69, 9.17) is 10.5 Å². The van der Waals surface area contributed by atoms with Crippen molar-refractivity contribution >= 4 is 33.4 Å². The number of carbonyl (C=O) groups excluding carboxylic acids is 1. The smallest absolute Gasteiger partial charge is 0.248 e. The molecule has 0 aliphatic rings. The van der Waals surface area contributed by atoms with E-state index in [1.807, 2.05) is 43.6 Å². The molecule has 5 aromatic rings. The zero-order valence-corrected chi connectivity index (χ0v) is 21.6. The molecule has 0 saturated carbocycles. The van der Waals surface area contributed by atoms with Crippen LogP contribution in [0.5, 0.6) is 11.6 Å². The van der Waals surface area contributed by atoms with Crippen molar-refractivity contribution in [2.24, 2.45) is 5.73 Å². The number of benzene rings is 2. The molecule has 1 amide bonds. The summed E-state index contributed by atoms with van der Waals surface area (Å²) < 4.78 is 8.85. The second-order valence-corrected chi connectivity index (χ2v) is 9.70. The third kappa shape index (κ3) is 5.45. The molecular formula is C27H24N8O2S. The first-order valence-corrected chi connectivity index (χ1v) is 12.7. The number of thiophene rings is 1. The zero-order chi connectivity index (χ0) is 26.6. The molecule has 0 aliphatic carbocycles. The number of nitrogens with zero attached hydrogens (tertiary/aromatic N) is 6. The third-order valence-electron chi connectivity index (χ3n) is 5.89. The minimum atomic E-state index is -0.451. The number of amides is 1. The Kier molecular flexibility index (Phi) is 6.97. The van der Waals surface area contributed by atoms with E-state index in [2.05, 4.69) is 31.7 Å². The van der Waals surface area contributed by atoms with Crippen LogP contribution >= 0.6 is 11.3 Å². The lowest BCUT2D eigenvalue weighted by Crippen LogP contribution is -2.10. The van der Waals surface area contributed by atoms with Crippen LogP contribution in [-0.2, 0) is 13.0 Å². The van der Waals surface area contributed by atoms with Crippen molar-refractivity contribution in [3.05, 3.63) is 87.6 Å². The number of primary amides is 1. The van der Waals surface area contributed by atoms with E-state index < -0.39 is 5.91 Å². The maximum absolute atomic E-state index is 11.2. The monoisotopic (exact) mass is 524 g/mol. The first-order chi connectivity index (χ1) is 18.4. The lowest BCUT2D eigenvalue weighted by atomic mass is 10.1. The van der Waals surface area contributed by atoms with Crippen molar-refractivity contribution in [3.63, 3.8) is 0 Å². The number of fused-ring (bicyclic) bond motifs is 1. The molecule has 0 spiro atoms. The molecule has 10 nitrogen and oxygen atoms in total. The topological polar surface area (TPSA) is 145 Å². The molecule has 5 rings (SSSR count). The molecule has 38 heavy (non-hydrogen) atoms. The first-order valence-electron chi connectivity index (χ1n) is 11.9. The summed E-state index contributed by atoms with van der Waals surface area (Å²) in [5, 5.41) is 22.9. The molecule has 0 unspecified atom stereocenters. The fourth-order valence-electron chi connectivity index (χ4n) is 4.05. The summed E-state index contributed by atoms with van der Waals surface area (Å²) in [6, 6.07) is 14.8. The number of aromatic nitrogens is 5. The van der Waals surface area contributed by atoms with Crippen molar-refractivity contribution in [3.8, 4) is 17.7 Å². The highest BCUT2D eigenvalue weighted by Crippen LogP contribution is 2.35. The molecule has 190 valence electrons. The number of nitriles is 1. The Morgan fingerprint density at radius 2 is 1.92 bits per heavy atom. The number of ether oxygens (including phenoxy) is 1. The Bertz CT molecular complexity index is 1640. The van der Waals surface area contributed by atoms with Crippen molar-refractivity contribution < 1.29 is 9.53 Å².